The van der Waals surface area contributed by atoms with Crippen LogP contribution in [0.4, 0.5) is 13.2 Å². The lowest BCUT2D eigenvalue weighted by molar-refractivity contribution is -0.340. The highest BCUT2D eigenvalue weighted by atomic mass is 28.4. The Morgan fingerprint density at radius 2 is 1.86 bits per heavy atom. The molecule has 0 aromatic carbocycles. The molecule has 0 aliphatic carbocycles. The fourth-order valence-electron chi connectivity index (χ4n) is 1.47. The third kappa shape index (κ3) is 2.49. The summed E-state index contributed by atoms with van der Waals surface area (Å²) in [6, 6.07) is 0. The predicted octanol–water partition coefficient (Wildman–Crippen LogP) is 2.91. The standard InChI is InChI=1S/C8H15F3O2Si/c1-14(2,3)13-7(8(9,10)11)5-4-6-12-7/h4-6H2,1-3H3. The van der Waals surface area contributed by atoms with E-state index < -0.39 is 20.3 Å². The molecule has 1 aliphatic rings. The van der Waals surface area contributed by atoms with E-state index in [1.165, 1.54) is 0 Å². The van der Waals surface area contributed by atoms with Crippen molar-refractivity contribution in [3.05, 3.63) is 0 Å². The summed E-state index contributed by atoms with van der Waals surface area (Å²) in [5.41, 5.74) is 0. The van der Waals surface area contributed by atoms with E-state index in [4.69, 9.17) is 9.16 Å². The van der Waals surface area contributed by atoms with E-state index in [9.17, 15) is 13.2 Å². The summed E-state index contributed by atoms with van der Waals surface area (Å²) in [6.07, 6.45) is -4.10. The Labute approximate surface area is 82.5 Å². The minimum Gasteiger partial charge on any atom is -0.384 e. The van der Waals surface area contributed by atoms with Crippen molar-refractivity contribution >= 4 is 8.32 Å². The summed E-state index contributed by atoms with van der Waals surface area (Å²) in [4.78, 5) is 0. The Morgan fingerprint density at radius 3 is 2.14 bits per heavy atom. The zero-order valence-corrected chi connectivity index (χ0v) is 9.57. The molecule has 0 bridgehead atoms. The lowest BCUT2D eigenvalue weighted by Gasteiger charge is -2.36. The van der Waals surface area contributed by atoms with Gasteiger partial charge in [0, 0.05) is 6.42 Å². The van der Waals surface area contributed by atoms with E-state index in [2.05, 4.69) is 0 Å². The highest BCUT2D eigenvalue weighted by molar-refractivity contribution is 6.69. The predicted molar refractivity (Wildman–Crippen MR) is 48.4 cm³/mol. The summed E-state index contributed by atoms with van der Waals surface area (Å²) >= 11 is 0. The van der Waals surface area contributed by atoms with Gasteiger partial charge >= 0.3 is 6.18 Å². The molecule has 0 aromatic rings. The van der Waals surface area contributed by atoms with Crippen LogP contribution in [-0.4, -0.2) is 26.9 Å². The van der Waals surface area contributed by atoms with Gasteiger partial charge in [0.05, 0.1) is 6.61 Å². The van der Waals surface area contributed by atoms with Gasteiger partial charge in [0.2, 0.25) is 0 Å². The summed E-state index contributed by atoms with van der Waals surface area (Å²) in [7, 11) is -2.25. The molecule has 0 saturated carbocycles. The monoisotopic (exact) mass is 228 g/mol. The van der Waals surface area contributed by atoms with Crippen LogP contribution in [0.25, 0.3) is 0 Å². The molecule has 2 nitrogen and oxygen atoms in total. The van der Waals surface area contributed by atoms with Gasteiger partial charge in [-0.15, -0.1) is 0 Å². The number of hydrogen-bond acceptors (Lipinski definition) is 2. The van der Waals surface area contributed by atoms with Gasteiger partial charge in [-0.25, -0.2) is 0 Å². The first-order valence-corrected chi connectivity index (χ1v) is 7.98. The fraction of sp³-hybridized carbons (Fsp3) is 1.00. The van der Waals surface area contributed by atoms with E-state index in [1.54, 1.807) is 19.6 Å². The second-order valence-corrected chi connectivity index (χ2v) is 8.85. The van der Waals surface area contributed by atoms with Gasteiger partial charge in [-0.2, -0.15) is 13.2 Å². The Hall–Kier alpha value is -0.0731. The minimum absolute atomic E-state index is 0.0826. The molecule has 6 heteroatoms. The molecule has 1 saturated heterocycles. The molecule has 1 atom stereocenters. The van der Waals surface area contributed by atoms with E-state index in [0.717, 1.165) is 0 Å². The topological polar surface area (TPSA) is 18.5 Å². The SMILES string of the molecule is C[Si](C)(C)OC1(C(F)(F)F)CCCO1. The average molecular weight is 228 g/mol. The molecule has 1 fully saturated rings. The number of rotatable bonds is 2. The Bertz CT molecular complexity index is 204. The molecular formula is C8H15F3O2Si. The average Bonchev–Trinajstić information content (AvgIpc) is 2.31. The first-order chi connectivity index (χ1) is 6.16. The maximum absolute atomic E-state index is 12.7. The Kier molecular flexibility index (Phi) is 3.00. The van der Waals surface area contributed by atoms with Crippen LogP contribution in [0.1, 0.15) is 12.8 Å². The van der Waals surface area contributed by atoms with Crippen molar-refractivity contribution in [1.82, 2.24) is 0 Å². The molecule has 1 rings (SSSR count). The van der Waals surface area contributed by atoms with Gasteiger partial charge in [-0.1, -0.05) is 0 Å². The molecule has 1 heterocycles. The smallest absolute Gasteiger partial charge is 0.384 e. The molecule has 0 spiro atoms. The second-order valence-electron chi connectivity index (χ2n) is 4.42. The highest BCUT2D eigenvalue weighted by Gasteiger charge is 2.60. The maximum Gasteiger partial charge on any atom is 0.442 e. The van der Waals surface area contributed by atoms with Crippen LogP contribution in [0.3, 0.4) is 0 Å². The quantitative estimate of drug-likeness (QED) is 0.676. The number of alkyl halides is 3. The summed E-state index contributed by atoms with van der Waals surface area (Å²) in [5, 5.41) is 0. The third-order valence-corrected chi connectivity index (χ3v) is 2.83. The van der Waals surface area contributed by atoms with Gasteiger partial charge in [-0.3, -0.25) is 0 Å². The molecule has 0 radical (unpaired) electrons. The molecular weight excluding hydrogens is 213 g/mol. The van der Waals surface area contributed by atoms with Crippen LogP contribution in [0.15, 0.2) is 0 Å². The van der Waals surface area contributed by atoms with Crippen molar-refractivity contribution in [2.75, 3.05) is 6.61 Å². The van der Waals surface area contributed by atoms with Crippen molar-refractivity contribution in [2.45, 2.75) is 44.4 Å². The minimum atomic E-state index is -4.43. The van der Waals surface area contributed by atoms with Crippen molar-refractivity contribution in [3.63, 3.8) is 0 Å². The van der Waals surface area contributed by atoms with Crippen molar-refractivity contribution in [3.8, 4) is 0 Å². The normalized spacial score (nSPS) is 29.6. The molecule has 84 valence electrons. The zero-order chi connectivity index (χ0) is 11.0. The zero-order valence-electron chi connectivity index (χ0n) is 8.57. The van der Waals surface area contributed by atoms with Crippen LogP contribution in [-0.2, 0) is 9.16 Å². The van der Waals surface area contributed by atoms with Gasteiger partial charge in [0.1, 0.15) is 0 Å². The summed E-state index contributed by atoms with van der Waals surface area (Å²) in [5.74, 6) is -2.32. The highest BCUT2D eigenvalue weighted by Crippen LogP contribution is 2.43. The first kappa shape index (κ1) is 12.0. The number of ether oxygens (including phenoxy) is 1. The molecule has 1 unspecified atom stereocenters. The van der Waals surface area contributed by atoms with Gasteiger partial charge in [0.25, 0.3) is 5.79 Å². The van der Waals surface area contributed by atoms with Crippen LogP contribution in [0.2, 0.25) is 19.6 Å². The lowest BCUT2D eigenvalue weighted by Crippen LogP contribution is -2.52. The molecule has 1 aliphatic heterocycles. The Morgan fingerprint density at radius 1 is 1.29 bits per heavy atom. The van der Waals surface area contributed by atoms with Gasteiger partial charge < -0.3 is 9.16 Å². The van der Waals surface area contributed by atoms with Crippen molar-refractivity contribution < 1.29 is 22.3 Å². The molecule has 0 aromatic heterocycles. The van der Waals surface area contributed by atoms with E-state index in [1.807, 2.05) is 0 Å². The van der Waals surface area contributed by atoms with Gasteiger partial charge in [-0.05, 0) is 26.1 Å². The maximum atomic E-state index is 12.7. The first-order valence-electron chi connectivity index (χ1n) is 4.57. The van der Waals surface area contributed by atoms with Crippen LogP contribution in [0, 0.1) is 0 Å². The van der Waals surface area contributed by atoms with Gasteiger partial charge in [0.15, 0.2) is 8.32 Å². The largest absolute Gasteiger partial charge is 0.442 e. The lowest BCUT2D eigenvalue weighted by atomic mass is 10.2. The van der Waals surface area contributed by atoms with Crippen molar-refractivity contribution in [2.24, 2.45) is 0 Å². The van der Waals surface area contributed by atoms with E-state index >= 15 is 0 Å². The number of hydrogen-bond donors (Lipinski definition) is 0. The third-order valence-electron chi connectivity index (χ3n) is 1.89. The van der Waals surface area contributed by atoms with Crippen LogP contribution in [0.5, 0.6) is 0 Å². The number of halogens is 3. The van der Waals surface area contributed by atoms with Crippen LogP contribution < -0.4 is 0 Å². The molecule has 14 heavy (non-hydrogen) atoms. The van der Waals surface area contributed by atoms with Crippen molar-refractivity contribution in [1.29, 1.82) is 0 Å². The van der Waals surface area contributed by atoms with E-state index in [-0.39, 0.29) is 13.0 Å². The van der Waals surface area contributed by atoms with Crippen LogP contribution >= 0.6 is 0 Å². The Balaban J connectivity index is 2.83. The summed E-state index contributed by atoms with van der Waals surface area (Å²) < 4.78 is 48.1. The fourth-order valence-corrected chi connectivity index (χ4v) is 2.74. The van der Waals surface area contributed by atoms with E-state index in [0.29, 0.717) is 6.42 Å². The second kappa shape index (κ2) is 3.50. The molecule has 0 N–H and O–H groups in total. The summed E-state index contributed by atoms with van der Waals surface area (Å²) in [6.45, 7) is 5.30. The molecule has 0 amide bonds.